The van der Waals surface area contributed by atoms with Crippen LogP contribution >= 0.6 is 0 Å². The lowest BCUT2D eigenvalue weighted by molar-refractivity contribution is 0.621. The molecule has 0 fully saturated rings. The Morgan fingerprint density at radius 1 is 1.44 bits per heavy atom. The summed E-state index contributed by atoms with van der Waals surface area (Å²) in [5, 5.41) is 3.30. The fourth-order valence-corrected chi connectivity index (χ4v) is 1.07. The molecule has 2 N–H and O–H groups in total. The first-order chi connectivity index (χ1) is 7.65. The van der Waals surface area contributed by atoms with E-state index in [1.807, 2.05) is 0 Å². The molecule has 0 aliphatic carbocycles. The predicted octanol–water partition coefficient (Wildman–Crippen LogP) is 2.29. The van der Waals surface area contributed by atoms with Gasteiger partial charge in [-0.15, -0.1) is 0 Å². The second-order valence-corrected chi connectivity index (χ2v) is 3.05. The molecule has 16 heavy (non-hydrogen) atoms. The summed E-state index contributed by atoms with van der Waals surface area (Å²) >= 11 is 0. The molecule has 82 valence electrons. The van der Waals surface area contributed by atoms with Crippen LogP contribution in [0.2, 0.25) is 0 Å². The molecule has 1 aromatic rings. The molecule has 0 saturated carbocycles. The molecule has 0 aliphatic rings. The lowest BCUT2D eigenvalue weighted by Gasteiger charge is -2.04. The Morgan fingerprint density at radius 2 is 2.19 bits per heavy atom. The molecule has 1 heterocycles. The molecule has 0 amide bonds. The van der Waals surface area contributed by atoms with Crippen molar-refractivity contribution in [2.24, 2.45) is 10.9 Å². The third kappa shape index (κ3) is 3.16. The maximum absolute atomic E-state index is 12.9. The monoisotopic (exact) mass is 217 g/mol. The summed E-state index contributed by atoms with van der Waals surface area (Å²) < 4.78 is 12.9. The molecule has 0 saturated heterocycles. The minimum Gasteiger partial charge on any atom is -0.323 e. The third-order valence-corrected chi connectivity index (χ3v) is 1.91. The molecule has 0 bridgehead atoms. The fraction of sp³-hybridized carbons (Fsp3) is 0. The molecule has 0 atom stereocenters. The van der Waals surface area contributed by atoms with Crippen LogP contribution in [0.5, 0.6) is 0 Å². The van der Waals surface area contributed by atoms with Gasteiger partial charge >= 0.3 is 0 Å². The van der Waals surface area contributed by atoms with E-state index in [0.717, 1.165) is 6.20 Å². The quantitative estimate of drug-likeness (QED) is 0.364. The highest BCUT2D eigenvalue weighted by molar-refractivity contribution is 5.81. The number of nitrogens with zero attached hydrogens (tertiary/aromatic N) is 2. The number of aromatic nitrogens is 1. The SMILES string of the molecule is C=C(/C=C\C=N/N)C(=C)c1cncc(F)c1. The molecule has 3 nitrogen and oxygen atoms in total. The number of rotatable bonds is 4. The number of pyridine rings is 1. The van der Waals surface area contributed by atoms with Crippen molar-refractivity contribution in [3.05, 3.63) is 60.7 Å². The number of hydrogen-bond donors (Lipinski definition) is 1. The van der Waals surface area contributed by atoms with Crippen LogP contribution < -0.4 is 5.84 Å². The summed E-state index contributed by atoms with van der Waals surface area (Å²) in [5.41, 5.74) is 1.85. The molecule has 0 radical (unpaired) electrons. The second-order valence-electron chi connectivity index (χ2n) is 3.05. The van der Waals surface area contributed by atoms with Gasteiger partial charge in [0.25, 0.3) is 0 Å². The van der Waals surface area contributed by atoms with E-state index in [1.54, 1.807) is 12.2 Å². The first-order valence-electron chi connectivity index (χ1n) is 4.54. The zero-order valence-electron chi connectivity index (χ0n) is 8.73. The highest BCUT2D eigenvalue weighted by Gasteiger charge is 2.02. The van der Waals surface area contributed by atoms with E-state index in [9.17, 15) is 4.39 Å². The second kappa shape index (κ2) is 5.60. The van der Waals surface area contributed by atoms with Crippen molar-refractivity contribution in [1.82, 2.24) is 4.98 Å². The van der Waals surface area contributed by atoms with Gasteiger partial charge in [0.1, 0.15) is 5.82 Å². The Morgan fingerprint density at radius 3 is 2.81 bits per heavy atom. The van der Waals surface area contributed by atoms with Crippen molar-refractivity contribution in [1.29, 1.82) is 0 Å². The minimum atomic E-state index is -0.404. The van der Waals surface area contributed by atoms with Gasteiger partial charge in [-0.3, -0.25) is 4.98 Å². The van der Waals surface area contributed by atoms with E-state index in [0.29, 0.717) is 16.7 Å². The van der Waals surface area contributed by atoms with Gasteiger partial charge in [-0.1, -0.05) is 19.2 Å². The van der Waals surface area contributed by atoms with Gasteiger partial charge in [-0.05, 0) is 23.3 Å². The molecule has 0 aromatic carbocycles. The van der Waals surface area contributed by atoms with E-state index in [4.69, 9.17) is 5.84 Å². The summed E-state index contributed by atoms with van der Waals surface area (Å²) in [5.74, 6) is 4.52. The molecule has 0 unspecified atom stereocenters. The van der Waals surface area contributed by atoms with Crippen LogP contribution in [-0.2, 0) is 0 Å². The maximum atomic E-state index is 12.9. The van der Waals surface area contributed by atoms with Crippen molar-refractivity contribution in [3.63, 3.8) is 0 Å². The van der Waals surface area contributed by atoms with Gasteiger partial charge in [-0.2, -0.15) is 5.10 Å². The highest BCUT2D eigenvalue weighted by atomic mass is 19.1. The van der Waals surface area contributed by atoms with E-state index in [-0.39, 0.29) is 0 Å². The van der Waals surface area contributed by atoms with Gasteiger partial charge in [0, 0.05) is 18.0 Å². The summed E-state index contributed by atoms with van der Waals surface area (Å²) in [6.45, 7) is 7.60. The molecular weight excluding hydrogens is 205 g/mol. The average molecular weight is 217 g/mol. The summed E-state index contributed by atoms with van der Waals surface area (Å²) in [7, 11) is 0. The van der Waals surface area contributed by atoms with E-state index in [2.05, 4.69) is 23.2 Å². The average Bonchev–Trinajstić information content (AvgIpc) is 2.28. The lowest BCUT2D eigenvalue weighted by atomic mass is 10.0. The minimum absolute atomic E-state index is 0.404. The van der Waals surface area contributed by atoms with Gasteiger partial charge in [0.2, 0.25) is 0 Å². The molecular formula is C12H12FN3. The van der Waals surface area contributed by atoms with Gasteiger partial charge in [0.05, 0.1) is 6.20 Å². The van der Waals surface area contributed by atoms with Gasteiger partial charge in [-0.25, -0.2) is 4.39 Å². The Bertz CT molecular complexity index is 461. The number of hydrazone groups is 1. The van der Waals surface area contributed by atoms with Crippen LogP contribution in [0, 0.1) is 5.82 Å². The number of hydrogen-bond acceptors (Lipinski definition) is 3. The normalized spacial score (nSPS) is 11.1. The van der Waals surface area contributed by atoms with Crippen molar-refractivity contribution in [2.75, 3.05) is 0 Å². The maximum Gasteiger partial charge on any atom is 0.142 e. The van der Waals surface area contributed by atoms with Crippen LogP contribution in [-0.4, -0.2) is 11.2 Å². The van der Waals surface area contributed by atoms with Crippen LogP contribution in [0.1, 0.15) is 5.56 Å². The van der Waals surface area contributed by atoms with E-state index >= 15 is 0 Å². The van der Waals surface area contributed by atoms with Crippen molar-refractivity contribution >= 4 is 11.8 Å². The topological polar surface area (TPSA) is 51.3 Å². The first kappa shape index (κ1) is 11.8. The number of allylic oxidation sites excluding steroid dienone is 4. The van der Waals surface area contributed by atoms with Crippen LogP contribution in [0.15, 0.2) is 54.4 Å². The van der Waals surface area contributed by atoms with Crippen LogP contribution in [0.4, 0.5) is 4.39 Å². The molecule has 1 rings (SSSR count). The van der Waals surface area contributed by atoms with Crippen LogP contribution in [0.3, 0.4) is 0 Å². The Kier molecular flexibility index (Phi) is 4.15. The summed E-state index contributed by atoms with van der Waals surface area (Å²) in [6.07, 6.45) is 7.39. The Balaban J connectivity index is 2.82. The van der Waals surface area contributed by atoms with Crippen LogP contribution in [0.25, 0.3) is 5.57 Å². The first-order valence-corrected chi connectivity index (χ1v) is 4.54. The Labute approximate surface area is 93.5 Å². The highest BCUT2D eigenvalue weighted by Crippen LogP contribution is 2.20. The largest absolute Gasteiger partial charge is 0.323 e. The predicted molar refractivity (Wildman–Crippen MR) is 64.2 cm³/mol. The number of nitrogens with two attached hydrogens (primary N) is 1. The van der Waals surface area contributed by atoms with Gasteiger partial charge < -0.3 is 5.84 Å². The molecule has 1 aromatic heterocycles. The number of halogens is 1. The van der Waals surface area contributed by atoms with Crippen molar-refractivity contribution in [3.8, 4) is 0 Å². The molecule has 4 heteroatoms. The molecule has 0 aliphatic heterocycles. The zero-order chi connectivity index (χ0) is 12.0. The van der Waals surface area contributed by atoms with Crippen molar-refractivity contribution < 1.29 is 4.39 Å². The lowest BCUT2D eigenvalue weighted by Crippen LogP contribution is -1.88. The van der Waals surface area contributed by atoms with E-state index < -0.39 is 5.82 Å². The standard InChI is InChI=1S/C12H12FN3/c1-9(4-3-5-16-14)10(2)11-6-12(13)8-15-7-11/h3-8H,1-2,14H2/b4-3-,16-5-. The summed E-state index contributed by atoms with van der Waals surface area (Å²) in [4.78, 5) is 3.74. The molecule has 0 spiro atoms. The fourth-order valence-electron chi connectivity index (χ4n) is 1.07. The van der Waals surface area contributed by atoms with E-state index in [1.165, 1.54) is 18.5 Å². The van der Waals surface area contributed by atoms with Crippen molar-refractivity contribution in [2.45, 2.75) is 0 Å². The smallest absolute Gasteiger partial charge is 0.142 e. The Hall–Kier alpha value is -2.23. The zero-order valence-corrected chi connectivity index (χ0v) is 8.73. The third-order valence-electron chi connectivity index (χ3n) is 1.91. The van der Waals surface area contributed by atoms with Gasteiger partial charge in [0.15, 0.2) is 0 Å². The summed E-state index contributed by atoms with van der Waals surface area (Å²) in [6, 6.07) is 1.35.